The predicted molar refractivity (Wildman–Crippen MR) is 88.8 cm³/mol. The molecule has 0 saturated heterocycles. The third-order valence-corrected chi connectivity index (χ3v) is 4.34. The topological polar surface area (TPSA) is 45.8 Å². The van der Waals surface area contributed by atoms with Gasteiger partial charge in [-0.3, -0.25) is 4.79 Å². The summed E-state index contributed by atoms with van der Waals surface area (Å²) in [6.45, 7) is 6.26. The number of hydrogen-bond donors (Lipinski definition) is 1. The van der Waals surface area contributed by atoms with Gasteiger partial charge in [0.05, 0.1) is 0 Å². The van der Waals surface area contributed by atoms with E-state index in [9.17, 15) is 4.79 Å². The van der Waals surface area contributed by atoms with Crippen LogP contribution in [0, 0.1) is 12.8 Å². The van der Waals surface area contributed by atoms with Crippen molar-refractivity contribution in [2.45, 2.75) is 44.5 Å². The highest BCUT2D eigenvalue weighted by Gasteiger charge is 2.09. The van der Waals surface area contributed by atoms with E-state index in [1.807, 2.05) is 25.1 Å². The van der Waals surface area contributed by atoms with E-state index in [1.165, 1.54) is 5.56 Å². The molecule has 1 aromatic carbocycles. The Hall–Kier alpha value is -1.55. The Morgan fingerprint density at radius 2 is 1.95 bits per heavy atom. The Bertz CT molecular complexity index is 635. The highest BCUT2D eigenvalue weighted by atomic mass is 32.2. The Morgan fingerprint density at radius 1 is 1.24 bits per heavy atom. The minimum Gasteiger partial charge on any atom is -0.301 e. The van der Waals surface area contributed by atoms with Gasteiger partial charge in [-0.1, -0.05) is 55.9 Å². The highest BCUT2D eigenvalue weighted by molar-refractivity contribution is 7.98. The molecule has 0 radical (unpaired) electrons. The fourth-order valence-corrected chi connectivity index (χ4v) is 2.97. The van der Waals surface area contributed by atoms with Crippen molar-refractivity contribution >= 4 is 11.8 Å². The zero-order valence-corrected chi connectivity index (χ0v) is 13.7. The maximum Gasteiger partial charge on any atom is 0.254 e. The zero-order valence-electron chi connectivity index (χ0n) is 12.8. The van der Waals surface area contributed by atoms with Crippen molar-refractivity contribution in [3.05, 3.63) is 57.5 Å². The summed E-state index contributed by atoms with van der Waals surface area (Å²) in [5, 5.41) is 0.703. The lowest BCUT2D eigenvalue weighted by molar-refractivity contribution is 0.580. The van der Waals surface area contributed by atoms with E-state index in [1.54, 1.807) is 11.8 Å². The van der Waals surface area contributed by atoms with Crippen LogP contribution in [0.1, 0.15) is 37.1 Å². The molecule has 2 aromatic rings. The highest BCUT2D eigenvalue weighted by Crippen LogP contribution is 2.19. The van der Waals surface area contributed by atoms with Crippen molar-refractivity contribution in [3.8, 4) is 0 Å². The van der Waals surface area contributed by atoms with Crippen molar-refractivity contribution in [2.75, 3.05) is 0 Å². The first kappa shape index (κ1) is 15.8. The Balaban J connectivity index is 2.07. The summed E-state index contributed by atoms with van der Waals surface area (Å²) < 4.78 is 0. The molecule has 0 fully saturated rings. The first-order valence-corrected chi connectivity index (χ1v) is 8.31. The van der Waals surface area contributed by atoms with Gasteiger partial charge in [0.15, 0.2) is 5.16 Å². The molecule has 0 atom stereocenters. The van der Waals surface area contributed by atoms with Gasteiger partial charge >= 0.3 is 0 Å². The molecule has 0 spiro atoms. The average molecular weight is 302 g/mol. The lowest BCUT2D eigenvalue weighted by Crippen LogP contribution is -2.17. The van der Waals surface area contributed by atoms with Crippen LogP contribution in [0.25, 0.3) is 0 Å². The van der Waals surface area contributed by atoms with E-state index < -0.39 is 0 Å². The van der Waals surface area contributed by atoms with E-state index in [2.05, 4.69) is 35.9 Å². The molecular formula is C17H22N2OS. The maximum absolute atomic E-state index is 12.2. The van der Waals surface area contributed by atoms with E-state index >= 15 is 0 Å². The van der Waals surface area contributed by atoms with Crippen LogP contribution < -0.4 is 5.56 Å². The van der Waals surface area contributed by atoms with Crippen LogP contribution in [0.3, 0.4) is 0 Å². The predicted octanol–water partition coefficient (Wildman–Crippen LogP) is 3.96. The molecule has 0 unspecified atom stereocenters. The molecule has 0 bridgehead atoms. The van der Waals surface area contributed by atoms with Crippen LogP contribution in [-0.4, -0.2) is 9.97 Å². The molecule has 0 saturated carbocycles. The standard InChI is InChI=1S/C17H22N2OS/c1-12(2)9-10-15-13(3)18-17(19-16(15)20)21-11-14-7-5-4-6-8-14/h4-8,12H,9-11H2,1-3H3,(H,18,19,20). The average Bonchev–Trinajstić information content (AvgIpc) is 2.45. The third-order valence-electron chi connectivity index (χ3n) is 3.39. The van der Waals surface area contributed by atoms with Crippen LogP contribution in [0.4, 0.5) is 0 Å². The van der Waals surface area contributed by atoms with Gasteiger partial charge in [-0.15, -0.1) is 0 Å². The first-order chi connectivity index (χ1) is 10.1. The molecular weight excluding hydrogens is 280 g/mol. The van der Waals surface area contributed by atoms with E-state index in [0.717, 1.165) is 29.9 Å². The van der Waals surface area contributed by atoms with Gasteiger partial charge < -0.3 is 4.98 Å². The van der Waals surface area contributed by atoms with Gasteiger partial charge in [0.2, 0.25) is 0 Å². The van der Waals surface area contributed by atoms with Crippen LogP contribution >= 0.6 is 11.8 Å². The van der Waals surface area contributed by atoms with Gasteiger partial charge in [-0.05, 0) is 31.2 Å². The second kappa shape index (κ2) is 7.46. The first-order valence-electron chi connectivity index (χ1n) is 7.32. The van der Waals surface area contributed by atoms with Crippen LogP contribution in [0.5, 0.6) is 0 Å². The van der Waals surface area contributed by atoms with Crippen molar-refractivity contribution in [1.29, 1.82) is 0 Å². The number of H-pyrrole nitrogens is 1. The number of aromatic nitrogens is 2. The fraction of sp³-hybridized carbons (Fsp3) is 0.412. The number of hydrogen-bond acceptors (Lipinski definition) is 3. The third kappa shape index (κ3) is 4.74. The van der Waals surface area contributed by atoms with Crippen LogP contribution in [0.15, 0.2) is 40.3 Å². The summed E-state index contributed by atoms with van der Waals surface area (Å²) >= 11 is 1.57. The molecule has 0 aliphatic heterocycles. The van der Waals surface area contributed by atoms with Gasteiger partial charge in [0, 0.05) is 17.0 Å². The van der Waals surface area contributed by atoms with E-state index in [0.29, 0.717) is 11.1 Å². The van der Waals surface area contributed by atoms with Gasteiger partial charge in [-0.2, -0.15) is 0 Å². The second-order valence-corrected chi connectivity index (χ2v) is 6.61. The van der Waals surface area contributed by atoms with Gasteiger partial charge in [0.25, 0.3) is 5.56 Å². The smallest absolute Gasteiger partial charge is 0.254 e. The summed E-state index contributed by atoms with van der Waals surface area (Å²) in [5.74, 6) is 1.41. The van der Waals surface area contributed by atoms with Gasteiger partial charge in [-0.25, -0.2) is 4.98 Å². The monoisotopic (exact) mass is 302 g/mol. The number of aromatic amines is 1. The fourth-order valence-electron chi connectivity index (χ4n) is 2.11. The van der Waals surface area contributed by atoms with Crippen molar-refractivity contribution in [1.82, 2.24) is 9.97 Å². The van der Waals surface area contributed by atoms with Gasteiger partial charge in [0.1, 0.15) is 0 Å². The summed E-state index contributed by atoms with van der Waals surface area (Å²) in [6, 6.07) is 10.2. The molecule has 1 aromatic heterocycles. The Labute approximate surface area is 130 Å². The number of rotatable bonds is 6. The zero-order chi connectivity index (χ0) is 15.2. The SMILES string of the molecule is Cc1nc(SCc2ccccc2)[nH]c(=O)c1CCC(C)C. The molecule has 2 rings (SSSR count). The summed E-state index contributed by atoms with van der Waals surface area (Å²) in [7, 11) is 0. The Morgan fingerprint density at radius 3 is 2.57 bits per heavy atom. The minimum atomic E-state index is 0.0127. The second-order valence-electron chi connectivity index (χ2n) is 5.64. The maximum atomic E-state index is 12.2. The molecule has 1 heterocycles. The lowest BCUT2D eigenvalue weighted by Gasteiger charge is -2.08. The van der Waals surface area contributed by atoms with Crippen molar-refractivity contribution in [3.63, 3.8) is 0 Å². The van der Waals surface area contributed by atoms with E-state index in [-0.39, 0.29) is 5.56 Å². The molecule has 21 heavy (non-hydrogen) atoms. The lowest BCUT2D eigenvalue weighted by atomic mass is 10.0. The number of nitrogens with one attached hydrogen (secondary N) is 1. The molecule has 112 valence electrons. The van der Waals surface area contributed by atoms with E-state index in [4.69, 9.17) is 0 Å². The Kier molecular flexibility index (Phi) is 5.62. The normalized spacial score (nSPS) is 11.0. The molecule has 3 nitrogen and oxygen atoms in total. The molecule has 0 aliphatic rings. The number of aryl methyl sites for hydroxylation is 1. The van der Waals surface area contributed by atoms with Crippen molar-refractivity contribution < 1.29 is 0 Å². The van der Waals surface area contributed by atoms with Crippen LogP contribution in [-0.2, 0) is 12.2 Å². The van der Waals surface area contributed by atoms with Crippen molar-refractivity contribution in [2.24, 2.45) is 5.92 Å². The molecule has 1 N–H and O–H groups in total. The van der Waals surface area contributed by atoms with Crippen LogP contribution in [0.2, 0.25) is 0 Å². The summed E-state index contributed by atoms with van der Waals surface area (Å²) in [6.07, 6.45) is 1.82. The number of benzene rings is 1. The minimum absolute atomic E-state index is 0.0127. The summed E-state index contributed by atoms with van der Waals surface area (Å²) in [4.78, 5) is 19.6. The molecule has 4 heteroatoms. The molecule has 0 aliphatic carbocycles. The quantitative estimate of drug-likeness (QED) is 0.649. The number of nitrogens with zero attached hydrogens (tertiary/aromatic N) is 1. The molecule has 0 amide bonds. The number of thioether (sulfide) groups is 1. The summed E-state index contributed by atoms with van der Waals surface area (Å²) in [5.41, 5.74) is 2.92. The largest absolute Gasteiger partial charge is 0.301 e.